The number of aromatic nitrogens is 1. The van der Waals surface area contributed by atoms with Crippen LogP contribution in [-0.2, 0) is 16.1 Å². The van der Waals surface area contributed by atoms with Gasteiger partial charge in [-0.05, 0) is 37.6 Å². The second-order valence-electron chi connectivity index (χ2n) is 7.73. The van der Waals surface area contributed by atoms with E-state index >= 15 is 0 Å². The van der Waals surface area contributed by atoms with E-state index in [9.17, 15) is 9.59 Å². The van der Waals surface area contributed by atoms with E-state index < -0.39 is 0 Å². The molecular weight excluding hydrogens is 370 g/mol. The Hall–Kier alpha value is -2.71. The van der Waals surface area contributed by atoms with Gasteiger partial charge in [0.1, 0.15) is 5.76 Å². The summed E-state index contributed by atoms with van der Waals surface area (Å²) in [7, 11) is 0. The summed E-state index contributed by atoms with van der Waals surface area (Å²) in [5, 5.41) is 7.00. The number of piperazine rings is 1. The Morgan fingerprint density at radius 2 is 1.83 bits per heavy atom. The highest BCUT2D eigenvalue weighted by molar-refractivity contribution is 5.96. The zero-order valence-electron chi connectivity index (χ0n) is 16.8. The first-order valence-electron chi connectivity index (χ1n) is 10.1. The number of aryl methyl sites for hydroxylation is 1. The third kappa shape index (κ3) is 5.02. The lowest BCUT2D eigenvalue weighted by molar-refractivity contribution is -0.118. The molecule has 0 aliphatic carbocycles. The molecule has 1 N–H and O–H groups in total. The largest absolute Gasteiger partial charge is 0.361 e. The standard InChI is InChI=1S/C21H27N5O3/c1-16-13-18(23-29-16)14-24-9-11-25(12-10-24)15-20(27)22-17-4-6-19(7-5-17)26-8-2-3-21(26)28/h4-7,13H,2-3,8-12,14-15H2,1H3,(H,22,27). The monoisotopic (exact) mass is 397 g/mol. The molecule has 154 valence electrons. The molecule has 0 atom stereocenters. The van der Waals surface area contributed by atoms with Crippen LogP contribution in [0, 0.1) is 6.92 Å². The average Bonchev–Trinajstić information content (AvgIpc) is 3.32. The Bertz CT molecular complexity index is 855. The van der Waals surface area contributed by atoms with Crippen LogP contribution in [0.25, 0.3) is 0 Å². The molecule has 0 spiro atoms. The summed E-state index contributed by atoms with van der Waals surface area (Å²) in [5.41, 5.74) is 2.60. The fourth-order valence-corrected chi connectivity index (χ4v) is 3.88. The molecule has 2 aliphatic rings. The van der Waals surface area contributed by atoms with Gasteiger partial charge in [-0.15, -0.1) is 0 Å². The van der Waals surface area contributed by atoms with Crippen molar-refractivity contribution in [3.63, 3.8) is 0 Å². The lowest BCUT2D eigenvalue weighted by Gasteiger charge is -2.33. The van der Waals surface area contributed by atoms with Crippen LogP contribution in [0.4, 0.5) is 11.4 Å². The molecule has 8 heteroatoms. The second kappa shape index (κ2) is 8.75. The van der Waals surface area contributed by atoms with Crippen LogP contribution in [0.5, 0.6) is 0 Å². The fourth-order valence-electron chi connectivity index (χ4n) is 3.88. The highest BCUT2D eigenvalue weighted by atomic mass is 16.5. The first-order valence-corrected chi connectivity index (χ1v) is 10.1. The molecule has 0 saturated carbocycles. The number of carbonyl (C=O) groups is 2. The number of anilines is 2. The minimum Gasteiger partial charge on any atom is -0.361 e. The summed E-state index contributed by atoms with van der Waals surface area (Å²) in [5.74, 6) is 0.977. The zero-order chi connectivity index (χ0) is 20.2. The van der Waals surface area contributed by atoms with Gasteiger partial charge in [0.25, 0.3) is 0 Å². The quantitative estimate of drug-likeness (QED) is 0.801. The average molecular weight is 397 g/mol. The van der Waals surface area contributed by atoms with Crippen molar-refractivity contribution in [2.45, 2.75) is 26.3 Å². The molecule has 1 aromatic heterocycles. The van der Waals surface area contributed by atoms with Gasteiger partial charge in [-0.2, -0.15) is 0 Å². The first-order chi connectivity index (χ1) is 14.1. The van der Waals surface area contributed by atoms with Gasteiger partial charge in [-0.25, -0.2) is 0 Å². The van der Waals surface area contributed by atoms with E-state index in [4.69, 9.17) is 4.52 Å². The van der Waals surface area contributed by atoms with E-state index in [0.717, 1.165) is 68.5 Å². The smallest absolute Gasteiger partial charge is 0.238 e. The van der Waals surface area contributed by atoms with E-state index in [2.05, 4.69) is 20.3 Å². The van der Waals surface area contributed by atoms with E-state index in [1.54, 1.807) is 4.90 Å². The third-order valence-electron chi connectivity index (χ3n) is 5.43. The molecule has 0 bridgehead atoms. The van der Waals surface area contributed by atoms with Crippen molar-refractivity contribution >= 4 is 23.2 Å². The van der Waals surface area contributed by atoms with Crippen LogP contribution < -0.4 is 10.2 Å². The molecule has 2 saturated heterocycles. The Balaban J connectivity index is 1.21. The Kier molecular flexibility index (Phi) is 5.92. The lowest BCUT2D eigenvalue weighted by Crippen LogP contribution is -2.48. The maximum Gasteiger partial charge on any atom is 0.238 e. The number of nitrogens with one attached hydrogen (secondary N) is 1. The van der Waals surface area contributed by atoms with Crippen molar-refractivity contribution in [3.05, 3.63) is 41.8 Å². The molecule has 2 aromatic rings. The number of benzene rings is 1. The van der Waals surface area contributed by atoms with Crippen molar-refractivity contribution in [3.8, 4) is 0 Å². The number of rotatable bonds is 6. The molecule has 1 aromatic carbocycles. The van der Waals surface area contributed by atoms with Crippen LogP contribution in [0.2, 0.25) is 0 Å². The van der Waals surface area contributed by atoms with Crippen molar-refractivity contribution in [2.24, 2.45) is 0 Å². The third-order valence-corrected chi connectivity index (χ3v) is 5.43. The van der Waals surface area contributed by atoms with E-state index in [-0.39, 0.29) is 11.8 Å². The molecule has 4 rings (SSSR count). The van der Waals surface area contributed by atoms with Crippen LogP contribution in [0.1, 0.15) is 24.3 Å². The van der Waals surface area contributed by atoms with E-state index in [1.165, 1.54) is 0 Å². The second-order valence-corrected chi connectivity index (χ2v) is 7.73. The molecule has 0 radical (unpaired) electrons. The lowest BCUT2D eigenvalue weighted by atomic mass is 10.2. The van der Waals surface area contributed by atoms with Gasteiger partial charge in [-0.1, -0.05) is 5.16 Å². The van der Waals surface area contributed by atoms with Gasteiger partial charge < -0.3 is 14.7 Å². The topological polar surface area (TPSA) is 81.9 Å². The van der Waals surface area contributed by atoms with Gasteiger partial charge in [-0.3, -0.25) is 19.4 Å². The Labute approximate surface area is 170 Å². The maximum atomic E-state index is 12.4. The molecule has 29 heavy (non-hydrogen) atoms. The highest BCUT2D eigenvalue weighted by Crippen LogP contribution is 2.23. The molecular formula is C21H27N5O3. The first kappa shape index (κ1) is 19.6. The van der Waals surface area contributed by atoms with Crippen LogP contribution >= 0.6 is 0 Å². The Morgan fingerprint density at radius 1 is 1.10 bits per heavy atom. The predicted octanol–water partition coefficient (Wildman–Crippen LogP) is 1.87. The molecule has 0 unspecified atom stereocenters. The molecule has 8 nitrogen and oxygen atoms in total. The van der Waals surface area contributed by atoms with Gasteiger partial charge in [0.2, 0.25) is 11.8 Å². The number of hydrogen-bond donors (Lipinski definition) is 1. The fraction of sp³-hybridized carbons (Fsp3) is 0.476. The van der Waals surface area contributed by atoms with Crippen LogP contribution in [-0.4, -0.2) is 66.0 Å². The van der Waals surface area contributed by atoms with Gasteiger partial charge in [0.05, 0.1) is 12.2 Å². The summed E-state index contributed by atoms with van der Waals surface area (Å²) in [4.78, 5) is 30.5. The van der Waals surface area contributed by atoms with Gasteiger partial charge >= 0.3 is 0 Å². The highest BCUT2D eigenvalue weighted by Gasteiger charge is 2.22. The van der Waals surface area contributed by atoms with Gasteiger partial charge in [0.15, 0.2) is 0 Å². The van der Waals surface area contributed by atoms with Crippen LogP contribution in [0.3, 0.4) is 0 Å². The summed E-state index contributed by atoms with van der Waals surface area (Å²) >= 11 is 0. The van der Waals surface area contributed by atoms with Gasteiger partial charge in [0, 0.05) is 63.1 Å². The summed E-state index contributed by atoms with van der Waals surface area (Å²) < 4.78 is 5.12. The Morgan fingerprint density at radius 3 is 2.45 bits per heavy atom. The molecule has 2 amide bonds. The van der Waals surface area contributed by atoms with Crippen molar-refractivity contribution in [1.82, 2.24) is 15.0 Å². The van der Waals surface area contributed by atoms with Crippen LogP contribution in [0.15, 0.2) is 34.9 Å². The molecule has 2 aliphatic heterocycles. The summed E-state index contributed by atoms with van der Waals surface area (Å²) in [6.07, 6.45) is 1.52. The maximum absolute atomic E-state index is 12.4. The van der Waals surface area contributed by atoms with Crippen molar-refractivity contribution in [2.75, 3.05) is 49.5 Å². The number of carbonyl (C=O) groups excluding carboxylic acids is 2. The molecule has 3 heterocycles. The van der Waals surface area contributed by atoms with E-state index in [0.29, 0.717) is 13.0 Å². The number of nitrogens with zero attached hydrogens (tertiary/aromatic N) is 4. The van der Waals surface area contributed by atoms with E-state index in [1.807, 2.05) is 37.3 Å². The normalized spacial score (nSPS) is 18.4. The van der Waals surface area contributed by atoms with Crippen molar-refractivity contribution < 1.29 is 14.1 Å². The minimum atomic E-state index is -0.0180. The zero-order valence-corrected chi connectivity index (χ0v) is 16.8. The minimum absolute atomic E-state index is 0.0180. The number of hydrogen-bond acceptors (Lipinski definition) is 6. The SMILES string of the molecule is Cc1cc(CN2CCN(CC(=O)Nc3ccc(N4CCCC4=O)cc3)CC2)no1. The van der Waals surface area contributed by atoms with Crippen molar-refractivity contribution in [1.29, 1.82) is 0 Å². The number of amides is 2. The summed E-state index contributed by atoms with van der Waals surface area (Å²) in [6.45, 7) is 7.32. The summed E-state index contributed by atoms with van der Waals surface area (Å²) in [6, 6.07) is 9.46. The predicted molar refractivity (Wildman–Crippen MR) is 110 cm³/mol. The molecule has 2 fully saturated rings.